The highest BCUT2D eigenvalue weighted by molar-refractivity contribution is 5.88. The van der Waals surface area contributed by atoms with Gasteiger partial charge >= 0.3 is 0 Å². The lowest BCUT2D eigenvalue weighted by atomic mass is 10.3. The van der Waals surface area contributed by atoms with Crippen LogP contribution in [0.3, 0.4) is 0 Å². The smallest absolute Gasteiger partial charge is 0.221 e. The maximum Gasteiger partial charge on any atom is 0.221 e. The molecule has 0 radical (unpaired) electrons. The molecule has 0 saturated heterocycles. The van der Waals surface area contributed by atoms with Crippen LogP contribution >= 0.6 is 0 Å². The van der Waals surface area contributed by atoms with E-state index in [0.717, 1.165) is 5.39 Å². The lowest BCUT2D eigenvalue weighted by molar-refractivity contribution is -0.114. The molecule has 3 aromatic rings. The van der Waals surface area contributed by atoms with Gasteiger partial charge in [-0.15, -0.1) is 0 Å². The molecule has 8 heteroatoms. The standard InChI is InChI=1S/C15H16N6O2/c1-10(22)20-11-3-2-4-12(7-11)23-6-5-16-14-13-8-19-21-15(13)18-9-17-14/h2-4,7-9H,5-6H2,1H3,(H,20,22)(H2,16,17,18,19,21). The van der Waals surface area contributed by atoms with Gasteiger partial charge in [0, 0.05) is 18.7 Å². The van der Waals surface area contributed by atoms with E-state index in [0.29, 0.717) is 36.1 Å². The summed E-state index contributed by atoms with van der Waals surface area (Å²) in [6.45, 7) is 2.49. The second-order valence-corrected chi connectivity index (χ2v) is 4.84. The van der Waals surface area contributed by atoms with E-state index in [4.69, 9.17) is 4.74 Å². The number of nitrogens with zero attached hydrogens (tertiary/aromatic N) is 3. The highest BCUT2D eigenvalue weighted by atomic mass is 16.5. The third kappa shape index (κ3) is 3.73. The van der Waals surface area contributed by atoms with Gasteiger partial charge in [-0.05, 0) is 12.1 Å². The Bertz CT molecular complexity index is 816. The molecule has 0 saturated carbocycles. The zero-order valence-corrected chi connectivity index (χ0v) is 12.5. The van der Waals surface area contributed by atoms with Gasteiger partial charge in [0.25, 0.3) is 0 Å². The second-order valence-electron chi connectivity index (χ2n) is 4.84. The van der Waals surface area contributed by atoms with Gasteiger partial charge in [0.2, 0.25) is 5.91 Å². The van der Waals surface area contributed by atoms with Crippen molar-refractivity contribution in [3.8, 4) is 5.75 Å². The van der Waals surface area contributed by atoms with Gasteiger partial charge in [-0.3, -0.25) is 9.89 Å². The molecule has 3 N–H and O–H groups in total. The van der Waals surface area contributed by atoms with Crippen LogP contribution in [0.15, 0.2) is 36.8 Å². The average Bonchev–Trinajstić information content (AvgIpc) is 3.00. The largest absolute Gasteiger partial charge is 0.492 e. The number of H-pyrrole nitrogens is 1. The summed E-state index contributed by atoms with van der Waals surface area (Å²) >= 11 is 0. The molecule has 0 aliphatic carbocycles. The number of carbonyl (C=O) groups excluding carboxylic acids is 1. The third-order valence-electron chi connectivity index (χ3n) is 3.07. The summed E-state index contributed by atoms with van der Waals surface area (Å²) in [5, 5.41) is 13.5. The van der Waals surface area contributed by atoms with E-state index in [1.165, 1.54) is 13.3 Å². The summed E-state index contributed by atoms with van der Waals surface area (Å²) in [5.74, 6) is 1.28. The number of hydrogen-bond acceptors (Lipinski definition) is 6. The Morgan fingerprint density at radius 2 is 2.26 bits per heavy atom. The molecule has 0 unspecified atom stereocenters. The van der Waals surface area contributed by atoms with Gasteiger partial charge in [-0.1, -0.05) is 6.07 Å². The number of anilines is 2. The molecule has 2 heterocycles. The van der Waals surface area contributed by atoms with Crippen molar-refractivity contribution >= 4 is 28.4 Å². The highest BCUT2D eigenvalue weighted by Gasteiger charge is 2.04. The number of nitrogens with one attached hydrogen (secondary N) is 3. The number of amides is 1. The molecule has 2 aromatic heterocycles. The predicted molar refractivity (Wildman–Crippen MR) is 86.4 cm³/mol. The van der Waals surface area contributed by atoms with Crippen LogP contribution in [0.5, 0.6) is 5.75 Å². The van der Waals surface area contributed by atoms with Gasteiger partial charge in [0.1, 0.15) is 24.5 Å². The van der Waals surface area contributed by atoms with Gasteiger partial charge < -0.3 is 15.4 Å². The summed E-state index contributed by atoms with van der Waals surface area (Å²) in [7, 11) is 0. The van der Waals surface area contributed by atoms with Crippen molar-refractivity contribution in [2.24, 2.45) is 0 Å². The van der Waals surface area contributed by atoms with Crippen LogP contribution in [0, 0.1) is 0 Å². The summed E-state index contributed by atoms with van der Waals surface area (Å²) in [5.41, 5.74) is 1.39. The Hall–Kier alpha value is -3.16. The zero-order valence-electron chi connectivity index (χ0n) is 12.5. The Balaban J connectivity index is 1.54. The van der Waals surface area contributed by atoms with Gasteiger partial charge in [-0.2, -0.15) is 5.10 Å². The fourth-order valence-corrected chi connectivity index (χ4v) is 2.11. The number of ether oxygens (including phenoxy) is 1. The van der Waals surface area contributed by atoms with Crippen molar-refractivity contribution in [3.05, 3.63) is 36.8 Å². The lowest BCUT2D eigenvalue weighted by Crippen LogP contribution is -2.13. The second kappa shape index (κ2) is 6.73. The third-order valence-corrected chi connectivity index (χ3v) is 3.07. The Morgan fingerprint density at radius 1 is 1.35 bits per heavy atom. The SMILES string of the molecule is CC(=O)Nc1cccc(OCCNc2ncnc3[nH]ncc23)c1. The van der Waals surface area contributed by atoms with Crippen LogP contribution in [0.25, 0.3) is 11.0 Å². The molecule has 118 valence electrons. The number of aromatic amines is 1. The minimum atomic E-state index is -0.114. The molecule has 0 spiro atoms. The van der Waals surface area contributed by atoms with E-state index in [1.807, 2.05) is 18.2 Å². The summed E-state index contributed by atoms with van der Waals surface area (Å²) in [6.07, 6.45) is 3.15. The fraction of sp³-hybridized carbons (Fsp3) is 0.200. The predicted octanol–water partition coefficient (Wildman–Crippen LogP) is 1.80. The van der Waals surface area contributed by atoms with Crippen molar-refractivity contribution < 1.29 is 9.53 Å². The summed E-state index contributed by atoms with van der Waals surface area (Å²) in [4.78, 5) is 19.3. The van der Waals surface area contributed by atoms with E-state index >= 15 is 0 Å². The molecule has 0 aliphatic rings. The zero-order chi connectivity index (χ0) is 16.1. The first-order valence-corrected chi connectivity index (χ1v) is 7.11. The number of aromatic nitrogens is 4. The summed E-state index contributed by atoms with van der Waals surface area (Å²) < 4.78 is 5.66. The average molecular weight is 312 g/mol. The molecule has 0 atom stereocenters. The van der Waals surface area contributed by atoms with Gasteiger partial charge in [0.15, 0.2) is 5.65 Å². The monoisotopic (exact) mass is 312 g/mol. The maximum atomic E-state index is 11.0. The van der Waals surface area contributed by atoms with Gasteiger partial charge in [-0.25, -0.2) is 9.97 Å². The van der Waals surface area contributed by atoms with Crippen molar-refractivity contribution in [1.29, 1.82) is 0 Å². The van der Waals surface area contributed by atoms with E-state index in [9.17, 15) is 4.79 Å². The van der Waals surface area contributed by atoms with Crippen LogP contribution in [-0.2, 0) is 4.79 Å². The first-order valence-electron chi connectivity index (χ1n) is 7.11. The van der Waals surface area contributed by atoms with Gasteiger partial charge in [0.05, 0.1) is 18.1 Å². The summed E-state index contributed by atoms with van der Waals surface area (Å²) in [6, 6.07) is 7.25. The van der Waals surface area contributed by atoms with Crippen molar-refractivity contribution in [1.82, 2.24) is 20.2 Å². The van der Waals surface area contributed by atoms with Crippen molar-refractivity contribution in [2.45, 2.75) is 6.92 Å². The molecule has 23 heavy (non-hydrogen) atoms. The van der Waals surface area contributed by atoms with E-state index in [1.54, 1.807) is 12.3 Å². The van der Waals surface area contributed by atoms with Crippen LogP contribution in [0.4, 0.5) is 11.5 Å². The van der Waals surface area contributed by atoms with E-state index in [-0.39, 0.29) is 5.91 Å². The number of benzene rings is 1. The number of rotatable bonds is 6. The number of fused-ring (bicyclic) bond motifs is 1. The molecule has 1 aromatic carbocycles. The topological polar surface area (TPSA) is 105 Å². The number of hydrogen-bond donors (Lipinski definition) is 3. The minimum Gasteiger partial charge on any atom is -0.492 e. The first kappa shape index (κ1) is 14.8. The Kier molecular flexibility index (Phi) is 4.32. The first-order chi connectivity index (χ1) is 11.2. The molecular formula is C15H16N6O2. The van der Waals surface area contributed by atoms with Crippen LogP contribution in [-0.4, -0.2) is 39.2 Å². The molecule has 3 rings (SSSR count). The molecule has 1 amide bonds. The molecule has 8 nitrogen and oxygen atoms in total. The molecule has 0 fully saturated rings. The normalized spacial score (nSPS) is 10.5. The minimum absolute atomic E-state index is 0.114. The van der Waals surface area contributed by atoms with Crippen LogP contribution < -0.4 is 15.4 Å². The Morgan fingerprint density at radius 3 is 3.13 bits per heavy atom. The van der Waals surface area contributed by atoms with Crippen molar-refractivity contribution in [3.63, 3.8) is 0 Å². The molecular weight excluding hydrogens is 296 g/mol. The Labute approximate surface area is 132 Å². The van der Waals surface area contributed by atoms with Crippen LogP contribution in [0.2, 0.25) is 0 Å². The lowest BCUT2D eigenvalue weighted by Gasteiger charge is -2.09. The number of carbonyl (C=O) groups is 1. The molecule has 0 aliphatic heterocycles. The van der Waals surface area contributed by atoms with Crippen LogP contribution in [0.1, 0.15) is 6.92 Å². The van der Waals surface area contributed by atoms with E-state index < -0.39 is 0 Å². The quantitative estimate of drug-likeness (QED) is 0.599. The van der Waals surface area contributed by atoms with E-state index in [2.05, 4.69) is 30.8 Å². The van der Waals surface area contributed by atoms with Crippen molar-refractivity contribution in [2.75, 3.05) is 23.8 Å². The fourth-order valence-electron chi connectivity index (χ4n) is 2.11. The highest BCUT2D eigenvalue weighted by Crippen LogP contribution is 2.18. The molecule has 0 bridgehead atoms. The maximum absolute atomic E-state index is 11.0.